The minimum absolute atomic E-state index is 0.654. The van der Waals surface area contributed by atoms with Crippen LogP contribution >= 0.6 is 0 Å². The lowest BCUT2D eigenvalue weighted by molar-refractivity contribution is 1.17. The summed E-state index contributed by atoms with van der Waals surface area (Å²) in [6.07, 6.45) is 0. The van der Waals surface area contributed by atoms with Crippen LogP contribution in [0.3, 0.4) is 0 Å². The largest absolute Gasteiger partial charge is 0.309 e. The molecule has 0 radical (unpaired) electrons. The molecule has 3 heteroatoms. The number of nitriles is 1. The zero-order valence-corrected chi connectivity index (χ0v) is 21.6. The van der Waals surface area contributed by atoms with Crippen molar-refractivity contribution in [1.82, 2.24) is 9.13 Å². The molecule has 0 atom stereocenters. The smallest absolute Gasteiger partial charge is 0.0991 e. The highest BCUT2D eigenvalue weighted by atomic mass is 15.0. The third-order valence-electron chi connectivity index (χ3n) is 7.95. The van der Waals surface area contributed by atoms with Crippen LogP contribution in [0.4, 0.5) is 0 Å². The predicted molar refractivity (Wildman–Crippen MR) is 165 cm³/mol. The third kappa shape index (κ3) is 3.24. The Morgan fingerprint density at radius 1 is 0.450 bits per heavy atom. The highest BCUT2D eigenvalue weighted by Crippen LogP contribution is 2.41. The molecule has 2 aromatic heterocycles. The van der Waals surface area contributed by atoms with Gasteiger partial charge in [-0.1, -0.05) is 84.9 Å². The van der Waals surface area contributed by atoms with Gasteiger partial charge in [-0.3, -0.25) is 0 Å². The van der Waals surface area contributed by atoms with Gasteiger partial charge in [-0.2, -0.15) is 5.26 Å². The van der Waals surface area contributed by atoms with Crippen molar-refractivity contribution in [2.24, 2.45) is 0 Å². The molecule has 8 rings (SSSR count). The van der Waals surface area contributed by atoms with Gasteiger partial charge in [-0.15, -0.1) is 0 Å². The molecule has 0 bridgehead atoms. The molecule has 0 saturated heterocycles. The normalized spacial score (nSPS) is 11.5. The standard InChI is InChI=1S/C37H23N3/c38-24-25-18-20-26(21-19-25)31-22-37-32(30-14-6-7-15-33(30)39(37)27-10-2-1-3-11-27)23-36(31)40-34-16-8-4-12-28(34)29-13-5-9-17-35(29)40/h1-23H. The summed E-state index contributed by atoms with van der Waals surface area (Å²) in [5.74, 6) is 0. The quantitative estimate of drug-likeness (QED) is 0.233. The van der Waals surface area contributed by atoms with Gasteiger partial charge in [0.25, 0.3) is 0 Å². The Kier molecular flexibility index (Phi) is 4.89. The maximum absolute atomic E-state index is 9.47. The SMILES string of the molecule is N#Cc1ccc(-c2cc3c(cc2-n2c4ccccc4c4ccccc42)c2ccccc2n3-c2ccccc2)cc1. The summed E-state index contributed by atoms with van der Waals surface area (Å²) in [6, 6.07) is 51.3. The first-order valence-corrected chi connectivity index (χ1v) is 13.4. The first-order valence-electron chi connectivity index (χ1n) is 13.4. The van der Waals surface area contributed by atoms with Gasteiger partial charge in [0, 0.05) is 32.8 Å². The van der Waals surface area contributed by atoms with Gasteiger partial charge < -0.3 is 9.13 Å². The number of fused-ring (bicyclic) bond motifs is 6. The Balaban J connectivity index is 1.56. The lowest BCUT2D eigenvalue weighted by Crippen LogP contribution is -1.99. The van der Waals surface area contributed by atoms with E-state index in [4.69, 9.17) is 0 Å². The van der Waals surface area contributed by atoms with E-state index in [1.165, 1.54) is 38.1 Å². The van der Waals surface area contributed by atoms with Crippen molar-refractivity contribution in [1.29, 1.82) is 5.26 Å². The molecule has 0 aliphatic carbocycles. The molecule has 8 aromatic rings. The molecular formula is C37H23N3. The first-order chi connectivity index (χ1) is 19.8. The molecule has 40 heavy (non-hydrogen) atoms. The second-order valence-electron chi connectivity index (χ2n) is 10.1. The van der Waals surface area contributed by atoms with Crippen LogP contribution in [0.5, 0.6) is 0 Å². The van der Waals surface area contributed by atoms with E-state index < -0.39 is 0 Å². The summed E-state index contributed by atoms with van der Waals surface area (Å²) >= 11 is 0. The van der Waals surface area contributed by atoms with E-state index in [-0.39, 0.29) is 0 Å². The molecule has 0 aliphatic heterocycles. The molecule has 0 saturated carbocycles. The Morgan fingerprint density at radius 3 is 1.57 bits per heavy atom. The minimum atomic E-state index is 0.654. The van der Waals surface area contributed by atoms with Gasteiger partial charge in [0.1, 0.15) is 0 Å². The van der Waals surface area contributed by atoms with Gasteiger partial charge in [0.05, 0.1) is 39.4 Å². The summed E-state index contributed by atoms with van der Waals surface area (Å²) in [5.41, 5.74) is 9.75. The molecule has 0 amide bonds. The van der Waals surface area contributed by atoms with Crippen molar-refractivity contribution in [3.8, 4) is 28.6 Å². The number of rotatable bonds is 3. The molecule has 0 N–H and O–H groups in total. The van der Waals surface area contributed by atoms with Crippen LogP contribution in [0.15, 0.2) is 140 Å². The van der Waals surface area contributed by atoms with Crippen molar-refractivity contribution in [3.63, 3.8) is 0 Å². The molecule has 3 nitrogen and oxygen atoms in total. The van der Waals surface area contributed by atoms with Crippen LogP contribution in [0.25, 0.3) is 66.1 Å². The average Bonchev–Trinajstić information content (AvgIpc) is 3.53. The van der Waals surface area contributed by atoms with Gasteiger partial charge in [-0.25, -0.2) is 0 Å². The molecule has 0 aliphatic rings. The number of para-hydroxylation sites is 4. The Labute approximate surface area is 231 Å². The first kappa shape index (κ1) is 22.4. The molecule has 0 fully saturated rings. The number of benzene rings is 6. The molecule has 6 aromatic carbocycles. The lowest BCUT2D eigenvalue weighted by Gasteiger charge is -2.16. The van der Waals surface area contributed by atoms with Crippen LogP contribution in [-0.2, 0) is 0 Å². The van der Waals surface area contributed by atoms with Gasteiger partial charge in [0.2, 0.25) is 0 Å². The summed E-state index contributed by atoms with van der Waals surface area (Å²) in [5, 5.41) is 14.4. The zero-order chi connectivity index (χ0) is 26.6. The second kappa shape index (κ2) is 8.73. The highest BCUT2D eigenvalue weighted by Gasteiger charge is 2.20. The molecule has 0 unspecified atom stereocenters. The highest BCUT2D eigenvalue weighted by molar-refractivity contribution is 6.14. The van der Waals surface area contributed by atoms with E-state index in [2.05, 4.69) is 143 Å². The summed E-state index contributed by atoms with van der Waals surface area (Å²) in [4.78, 5) is 0. The molecule has 186 valence electrons. The Bertz CT molecular complexity index is 2210. The zero-order valence-electron chi connectivity index (χ0n) is 21.6. The van der Waals surface area contributed by atoms with Crippen molar-refractivity contribution in [2.75, 3.05) is 0 Å². The van der Waals surface area contributed by atoms with Crippen molar-refractivity contribution in [2.45, 2.75) is 0 Å². The van der Waals surface area contributed by atoms with Crippen LogP contribution < -0.4 is 0 Å². The van der Waals surface area contributed by atoms with Crippen molar-refractivity contribution >= 4 is 43.6 Å². The Morgan fingerprint density at radius 2 is 0.975 bits per heavy atom. The summed E-state index contributed by atoms with van der Waals surface area (Å²) < 4.78 is 4.75. The van der Waals surface area contributed by atoms with Crippen molar-refractivity contribution < 1.29 is 0 Å². The second-order valence-corrected chi connectivity index (χ2v) is 10.1. The number of hydrogen-bond acceptors (Lipinski definition) is 1. The van der Waals surface area contributed by atoms with Crippen LogP contribution in [0, 0.1) is 11.3 Å². The lowest BCUT2D eigenvalue weighted by atomic mass is 9.99. The molecule has 0 spiro atoms. The average molecular weight is 510 g/mol. The predicted octanol–water partition coefficient (Wildman–Crippen LogP) is 9.42. The maximum Gasteiger partial charge on any atom is 0.0991 e. The maximum atomic E-state index is 9.47. The third-order valence-corrected chi connectivity index (χ3v) is 7.95. The van der Waals surface area contributed by atoms with Crippen LogP contribution in [-0.4, -0.2) is 9.13 Å². The fraction of sp³-hybridized carbons (Fsp3) is 0. The summed E-state index contributed by atoms with van der Waals surface area (Å²) in [6.45, 7) is 0. The Hall–Kier alpha value is -5.59. The fourth-order valence-electron chi connectivity index (χ4n) is 6.18. The molecular weight excluding hydrogens is 486 g/mol. The topological polar surface area (TPSA) is 33.6 Å². The van der Waals surface area contributed by atoms with Crippen LogP contribution in [0.2, 0.25) is 0 Å². The van der Waals surface area contributed by atoms with Gasteiger partial charge in [-0.05, 0) is 60.2 Å². The number of hydrogen-bond donors (Lipinski definition) is 0. The summed E-state index contributed by atoms with van der Waals surface area (Å²) in [7, 11) is 0. The van der Waals surface area contributed by atoms with E-state index in [9.17, 15) is 5.26 Å². The minimum Gasteiger partial charge on any atom is -0.309 e. The van der Waals surface area contributed by atoms with Gasteiger partial charge >= 0.3 is 0 Å². The van der Waals surface area contributed by atoms with Crippen molar-refractivity contribution in [3.05, 3.63) is 145 Å². The molecule has 2 heterocycles. The van der Waals surface area contributed by atoms with E-state index in [0.717, 1.165) is 28.0 Å². The number of aromatic nitrogens is 2. The van der Waals surface area contributed by atoms with E-state index in [1.807, 2.05) is 12.1 Å². The number of nitrogens with zero attached hydrogens (tertiary/aromatic N) is 3. The van der Waals surface area contributed by atoms with E-state index in [1.54, 1.807) is 0 Å². The van der Waals surface area contributed by atoms with E-state index >= 15 is 0 Å². The van der Waals surface area contributed by atoms with Gasteiger partial charge in [0.15, 0.2) is 0 Å². The fourth-order valence-corrected chi connectivity index (χ4v) is 6.18. The van der Waals surface area contributed by atoms with Crippen LogP contribution in [0.1, 0.15) is 5.56 Å². The monoisotopic (exact) mass is 509 g/mol. The van der Waals surface area contributed by atoms with E-state index in [0.29, 0.717) is 5.56 Å².